The van der Waals surface area contributed by atoms with Crippen LogP contribution in [0.2, 0.25) is 0 Å². The highest BCUT2D eigenvalue weighted by Gasteiger charge is 2.34. The van der Waals surface area contributed by atoms with Crippen molar-refractivity contribution >= 4 is 16.0 Å². The van der Waals surface area contributed by atoms with Gasteiger partial charge in [-0.05, 0) is 6.92 Å². The maximum atomic E-state index is 13.6. The van der Waals surface area contributed by atoms with Gasteiger partial charge in [-0.2, -0.15) is 4.98 Å². The molecule has 1 aromatic heterocycles. The number of ether oxygens (including phenoxy) is 1. The summed E-state index contributed by atoms with van der Waals surface area (Å²) >= 11 is 0. The van der Waals surface area contributed by atoms with Gasteiger partial charge in [-0.25, -0.2) is 40.1 Å². The van der Waals surface area contributed by atoms with E-state index in [-0.39, 0.29) is 11.6 Å². The number of nitrogens with zero attached hydrogens (tertiary/aromatic N) is 2. The van der Waals surface area contributed by atoms with Crippen molar-refractivity contribution in [3.63, 3.8) is 0 Å². The second kappa shape index (κ2) is 6.19. The van der Waals surface area contributed by atoms with Crippen LogP contribution in [0.1, 0.15) is 5.69 Å². The summed E-state index contributed by atoms with van der Waals surface area (Å²) in [6.45, 7) is 1.43. The highest BCUT2D eigenvalue weighted by molar-refractivity contribution is 7.92. The van der Waals surface area contributed by atoms with Crippen molar-refractivity contribution in [2.75, 3.05) is 11.8 Å². The zero-order valence-corrected chi connectivity index (χ0v) is 12.8. The highest BCUT2D eigenvalue weighted by Crippen LogP contribution is 2.27. The molecule has 2 aromatic rings. The number of hydrogen-bond donors (Lipinski definition) is 1. The molecule has 0 aliphatic rings. The lowest BCUT2D eigenvalue weighted by atomic mass is 10.3. The number of aryl methyl sites for hydroxylation is 1. The van der Waals surface area contributed by atoms with Gasteiger partial charge in [0.1, 0.15) is 0 Å². The Morgan fingerprint density at radius 3 is 1.96 bits per heavy atom. The van der Waals surface area contributed by atoms with Gasteiger partial charge in [0, 0.05) is 11.8 Å². The van der Waals surface area contributed by atoms with E-state index in [1.807, 2.05) is 0 Å². The minimum absolute atomic E-state index is 0.0855. The smallest absolute Gasteiger partial charge is 0.270 e. The normalized spacial score (nSPS) is 11.5. The molecule has 1 N–H and O–H groups in total. The van der Waals surface area contributed by atoms with Crippen molar-refractivity contribution in [3.8, 4) is 5.88 Å². The predicted molar refractivity (Wildman–Crippen MR) is 70.4 cm³/mol. The minimum atomic E-state index is -5.21. The third-order valence-electron chi connectivity index (χ3n) is 2.70. The van der Waals surface area contributed by atoms with E-state index in [0.717, 1.165) is 0 Å². The average molecular weight is 369 g/mol. The van der Waals surface area contributed by atoms with Gasteiger partial charge < -0.3 is 4.74 Å². The van der Waals surface area contributed by atoms with Gasteiger partial charge in [0.2, 0.25) is 17.6 Å². The maximum absolute atomic E-state index is 13.6. The van der Waals surface area contributed by atoms with E-state index in [1.165, 1.54) is 24.8 Å². The Bertz CT molecular complexity index is 892. The van der Waals surface area contributed by atoms with Crippen LogP contribution in [0.4, 0.5) is 27.9 Å². The van der Waals surface area contributed by atoms with Crippen LogP contribution in [-0.2, 0) is 10.0 Å². The molecule has 1 aromatic carbocycles. The molecular weight excluding hydrogens is 361 g/mol. The third-order valence-corrected chi connectivity index (χ3v) is 4.05. The van der Waals surface area contributed by atoms with Crippen LogP contribution in [0, 0.1) is 36.0 Å². The lowest BCUT2D eigenvalue weighted by Crippen LogP contribution is -2.21. The molecule has 24 heavy (non-hydrogen) atoms. The van der Waals surface area contributed by atoms with Crippen molar-refractivity contribution in [1.82, 2.24) is 9.97 Å². The van der Waals surface area contributed by atoms with Crippen LogP contribution >= 0.6 is 0 Å². The summed E-state index contributed by atoms with van der Waals surface area (Å²) in [6, 6.07) is 1.32. The Kier molecular flexibility index (Phi) is 4.60. The second-order valence-electron chi connectivity index (χ2n) is 4.38. The quantitative estimate of drug-likeness (QED) is 0.508. The molecule has 0 saturated carbocycles. The summed E-state index contributed by atoms with van der Waals surface area (Å²) in [4.78, 5) is 5.14. The van der Waals surface area contributed by atoms with Gasteiger partial charge in [-0.3, -0.25) is 0 Å². The number of hydrogen-bond acceptors (Lipinski definition) is 5. The average Bonchev–Trinajstić information content (AvgIpc) is 2.49. The SMILES string of the molecule is COc1cc(C)nc(NS(=O)(=O)c2c(F)c(F)c(F)c(F)c2F)n1. The lowest BCUT2D eigenvalue weighted by Gasteiger charge is -2.11. The Hall–Kier alpha value is -2.50. The molecule has 1 heterocycles. The van der Waals surface area contributed by atoms with Gasteiger partial charge >= 0.3 is 0 Å². The maximum Gasteiger partial charge on any atom is 0.270 e. The highest BCUT2D eigenvalue weighted by atomic mass is 32.2. The molecule has 0 unspecified atom stereocenters. The van der Waals surface area contributed by atoms with Crippen molar-refractivity contribution in [2.24, 2.45) is 0 Å². The van der Waals surface area contributed by atoms with E-state index in [4.69, 9.17) is 4.74 Å². The summed E-state index contributed by atoms with van der Waals surface area (Å²) in [5.74, 6) is -13.0. The van der Waals surface area contributed by atoms with Gasteiger partial charge in [0.25, 0.3) is 10.0 Å². The fourth-order valence-electron chi connectivity index (χ4n) is 1.68. The Morgan fingerprint density at radius 2 is 1.46 bits per heavy atom. The zero-order valence-electron chi connectivity index (χ0n) is 12.0. The molecule has 0 spiro atoms. The molecule has 0 atom stereocenters. The number of halogens is 5. The Labute approximate surface area is 132 Å². The van der Waals surface area contributed by atoms with Crippen LogP contribution in [0.3, 0.4) is 0 Å². The van der Waals surface area contributed by atoms with E-state index < -0.39 is 50.0 Å². The zero-order chi connectivity index (χ0) is 18.2. The van der Waals surface area contributed by atoms with Crippen molar-refractivity contribution in [2.45, 2.75) is 11.8 Å². The van der Waals surface area contributed by atoms with Gasteiger partial charge in [0.05, 0.1) is 7.11 Å². The molecule has 0 radical (unpaired) electrons. The number of benzene rings is 1. The number of methoxy groups -OCH3 is 1. The first-order chi connectivity index (χ1) is 11.1. The van der Waals surface area contributed by atoms with E-state index in [0.29, 0.717) is 0 Å². The molecular formula is C12H8F5N3O3S. The topological polar surface area (TPSA) is 81.2 Å². The van der Waals surface area contributed by atoms with E-state index in [1.54, 1.807) is 0 Å². The third kappa shape index (κ3) is 3.09. The first kappa shape index (κ1) is 17.8. The molecule has 12 heteroatoms. The number of rotatable bonds is 4. The fraction of sp³-hybridized carbons (Fsp3) is 0.167. The molecule has 6 nitrogen and oxygen atoms in total. The molecule has 0 bridgehead atoms. The van der Waals surface area contributed by atoms with Gasteiger partial charge in [0.15, 0.2) is 28.2 Å². The summed E-state index contributed by atoms with van der Waals surface area (Å²) in [7, 11) is -3.99. The van der Waals surface area contributed by atoms with Crippen molar-refractivity contribution < 1.29 is 35.1 Å². The number of aromatic nitrogens is 2. The number of anilines is 1. The van der Waals surface area contributed by atoms with Crippen LogP contribution < -0.4 is 9.46 Å². The number of nitrogens with one attached hydrogen (secondary N) is 1. The number of sulfonamides is 1. The van der Waals surface area contributed by atoms with E-state index in [2.05, 4.69) is 9.97 Å². The summed E-state index contributed by atoms with van der Waals surface area (Å²) < 4.78 is 96.8. The molecule has 0 saturated heterocycles. The van der Waals surface area contributed by atoms with Crippen molar-refractivity contribution in [1.29, 1.82) is 0 Å². The minimum Gasteiger partial charge on any atom is -0.481 e. The van der Waals surface area contributed by atoms with E-state index >= 15 is 0 Å². The van der Waals surface area contributed by atoms with Crippen LogP contribution in [-0.4, -0.2) is 25.5 Å². The second-order valence-corrected chi connectivity index (χ2v) is 6.00. The summed E-state index contributed by atoms with van der Waals surface area (Å²) in [5, 5.41) is 0. The Balaban J connectivity index is 2.59. The lowest BCUT2D eigenvalue weighted by molar-refractivity contribution is 0.358. The Morgan fingerprint density at radius 1 is 0.958 bits per heavy atom. The van der Waals surface area contributed by atoms with Crippen LogP contribution in [0.15, 0.2) is 11.0 Å². The van der Waals surface area contributed by atoms with Crippen molar-refractivity contribution in [3.05, 3.63) is 40.8 Å². The predicted octanol–water partition coefficient (Wildman–Crippen LogP) is 2.29. The largest absolute Gasteiger partial charge is 0.481 e. The first-order valence-corrected chi connectivity index (χ1v) is 7.50. The van der Waals surface area contributed by atoms with Gasteiger partial charge in [-0.15, -0.1) is 0 Å². The molecule has 0 fully saturated rings. The van der Waals surface area contributed by atoms with Crippen LogP contribution in [0.25, 0.3) is 0 Å². The van der Waals surface area contributed by atoms with Gasteiger partial charge in [-0.1, -0.05) is 0 Å². The summed E-state index contributed by atoms with van der Waals surface area (Å²) in [5.41, 5.74) is 0.219. The van der Waals surface area contributed by atoms with Crippen LogP contribution in [0.5, 0.6) is 5.88 Å². The first-order valence-electron chi connectivity index (χ1n) is 6.02. The molecule has 2 rings (SSSR count). The standard InChI is InChI=1S/C12H8F5N3O3S/c1-4-3-5(23-2)19-12(18-4)20-24(21,22)11-9(16)7(14)6(13)8(15)10(11)17/h3H,1-2H3,(H,18,19,20). The molecule has 0 aliphatic carbocycles. The fourth-order valence-corrected chi connectivity index (χ4v) is 2.77. The molecule has 0 aliphatic heterocycles. The molecule has 0 amide bonds. The molecule has 130 valence electrons. The summed E-state index contributed by atoms with van der Waals surface area (Å²) in [6.07, 6.45) is 0. The monoisotopic (exact) mass is 369 g/mol. The van der Waals surface area contributed by atoms with E-state index in [9.17, 15) is 30.4 Å².